The summed E-state index contributed by atoms with van der Waals surface area (Å²) in [5.74, 6) is -1.27. The lowest BCUT2D eigenvalue weighted by Gasteiger charge is -2.08. The summed E-state index contributed by atoms with van der Waals surface area (Å²) >= 11 is 0. The Morgan fingerprint density at radius 3 is 2.32 bits per heavy atom. The van der Waals surface area contributed by atoms with Crippen molar-refractivity contribution in [2.45, 2.75) is 32.6 Å². The third-order valence-corrected chi connectivity index (χ3v) is 3.64. The van der Waals surface area contributed by atoms with Crippen LogP contribution in [0.4, 0.5) is 0 Å². The summed E-state index contributed by atoms with van der Waals surface area (Å²) in [5.41, 5.74) is 5.48. The van der Waals surface area contributed by atoms with Gasteiger partial charge in [-0.1, -0.05) is 37.6 Å². The van der Waals surface area contributed by atoms with Crippen LogP contribution in [-0.4, -0.2) is 27.7 Å². The second kappa shape index (κ2) is 9.32. The Balaban J connectivity index is 2.16. The maximum atomic E-state index is 12.1. The SMILES string of the molecule is CCCc1ccc(/C(CCC(=O)O)=N\NC(=O)c2ccncc2)cc1. The average molecular weight is 339 g/mol. The number of aromatic nitrogens is 1. The molecule has 1 heterocycles. The molecule has 1 aromatic heterocycles. The molecule has 0 bridgehead atoms. The fourth-order valence-corrected chi connectivity index (χ4v) is 2.33. The smallest absolute Gasteiger partial charge is 0.303 e. The molecule has 0 saturated heterocycles. The van der Waals surface area contributed by atoms with Crippen LogP contribution in [0, 0.1) is 0 Å². The maximum absolute atomic E-state index is 12.1. The van der Waals surface area contributed by atoms with Gasteiger partial charge in [0.2, 0.25) is 0 Å². The summed E-state index contributed by atoms with van der Waals surface area (Å²) < 4.78 is 0. The van der Waals surface area contributed by atoms with E-state index in [0.29, 0.717) is 11.3 Å². The molecule has 0 fully saturated rings. The molecule has 6 heteroatoms. The zero-order valence-electron chi connectivity index (χ0n) is 14.1. The minimum Gasteiger partial charge on any atom is -0.481 e. The van der Waals surface area contributed by atoms with Crippen molar-refractivity contribution in [3.8, 4) is 0 Å². The molecule has 2 N–H and O–H groups in total. The third kappa shape index (κ3) is 5.84. The van der Waals surface area contributed by atoms with Crippen molar-refractivity contribution in [2.24, 2.45) is 5.10 Å². The molecule has 25 heavy (non-hydrogen) atoms. The number of hydrogen-bond donors (Lipinski definition) is 2. The van der Waals surface area contributed by atoms with Gasteiger partial charge in [-0.15, -0.1) is 0 Å². The molecule has 0 aliphatic carbocycles. The van der Waals surface area contributed by atoms with Crippen molar-refractivity contribution in [3.05, 3.63) is 65.5 Å². The molecule has 130 valence electrons. The minimum absolute atomic E-state index is 0.0549. The van der Waals surface area contributed by atoms with E-state index in [1.165, 1.54) is 18.0 Å². The number of rotatable bonds is 8. The van der Waals surface area contributed by atoms with Gasteiger partial charge in [-0.25, -0.2) is 5.43 Å². The number of carboxylic acid groups (broad SMARTS) is 1. The van der Waals surface area contributed by atoms with Crippen molar-refractivity contribution in [1.29, 1.82) is 0 Å². The number of amides is 1. The first-order valence-electron chi connectivity index (χ1n) is 8.18. The van der Waals surface area contributed by atoms with Gasteiger partial charge in [-0.05, 0) is 29.7 Å². The number of pyridine rings is 1. The van der Waals surface area contributed by atoms with Gasteiger partial charge in [0, 0.05) is 24.4 Å². The van der Waals surface area contributed by atoms with E-state index in [2.05, 4.69) is 22.4 Å². The lowest BCUT2D eigenvalue weighted by atomic mass is 10.0. The van der Waals surface area contributed by atoms with Gasteiger partial charge in [0.15, 0.2) is 0 Å². The van der Waals surface area contributed by atoms with Crippen LogP contribution in [0.2, 0.25) is 0 Å². The van der Waals surface area contributed by atoms with E-state index in [9.17, 15) is 9.59 Å². The first-order valence-corrected chi connectivity index (χ1v) is 8.18. The average Bonchev–Trinajstić information content (AvgIpc) is 2.63. The number of carboxylic acids is 1. The number of carbonyl (C=O) groups is 2. The van der Waals surface area contributed by atoms with E-state index in [1.807, 2.05) is 24.3 Å². The summed E-state index contributed by atoms with van der Waals surface area (Å²) in [6, 6.07) is 11.0. The van der Waals surface area contributed by atoms with Crippen LogP contribution in [0.5, 0.6) is 0 Å². The quantitative estimate of drug-likeness (QED) is 0.571. The lowest BCUT2D eigenvalue weighted by Crippen LogP contribution is -2.20. The molecule has 0 spiro atoms. The number of nitrogens with zero attached hydrogens (tertiary/aromatic N) is 2. The maximum Gasteiger partial charge on any atom is 0.303 e. The van der Waals surface area contributed by atoms with E-state index < -0.39 is 5.97 Å². The van der Waals surface area contributed by atoms with Gasteiger partial charge in [-0.2, -0.15) is 5.10 Å². The highest BCUT2D eigenvalue weighted by Crippen LogP contribution is 2.11. The summed E-state index contributed by atoms with van der Waals surface area (Å²) in [6.45, 7) is 2.11. The number of nitrogens with one attached hydrogen (secondary N) is 1. The summed E-state index contributed by atoms with van der Waals surface area (Å²) in [7, 11) is 0. The highest BCUT2D eigenvalue weighted by atomic mass is 16.4. The number of hydrazone groups is 1. The van der Waals surface area contributed by atoms with Crippen LogP contribution >= 0.6 is 0 Å². The molecule has 0 unspecified atom stereocenters. The molecule has 0 saturated carbocycles. The molecule has 0 aliphatic heterocycles. The topological polar surface area (TPSA) is 91.6 Å². The number of aryl methyl sites for hydroxylation is 1. The van der Waals surface area contributed by atoms with Crippen LogP contribution in [0.1, 0.15) is 47.7 Å². The Kier molecular flexibility index (Phi) is 6.83. The van der Waals surface area contributed by atoms with Crippen LogP contribution in [0.25, 0.3) is 0 Å². The third-order valence-electron chi connectivity index (χ3n) is 3.64. The molecule has 2 aromatic rings. The standard InChI is InChI=1S/C19H21N3O3/c1-2-3-14-4-6-15(7-5-14)17(8-9-18(23)24)21-22-19(25)16-10-12-20-13-11-16/h4-7,10-13H,2-3,8-9H2,1H3,(H,22,25)(H,23,24)/b21-17-. The second-order valence-electron chi connectivity index (χ2n) is 5.58. The largest absolute Gasteiger partial charge is 0.481 e. The zero-order chi connectivity index (χ0) is 18.1. The number of aliphatic carboxylic acids is 1. The molecule has 1 amide bonds. The molecule has 1 aromatic carbocycles. The fourth-order valence-electron chi connectivity index (χ4n) is 2.33. The normalized spacial score (nSPS) is 11.2. The predicted molar refractivity (Wildman–Crippen MR) is 95.5 cm³/mol. The number of hydrogen-bond acceptors (Lipinski definition) is 4. The van der Waals surface area contributed by atoms with E-state index in [0.717, 1.165) is 18.4 Å². The first-order chi connectivity index (χ1) is 12.1. The van der Waals surface area contributed by atoms with Crippen molar-refractivity contribution in [2.75, 3.05) is 0 Å². The lowest BCUT2D eigenvalue weighted by molar-refractivity contribution is -0.136. The number of carbonyl (C=O) groups excluding carboxylic acids is 1. The van der Waals surface area contributed by atoms with Gasteiger partial charge in [0.05, 0.1) is 12.1 Å². The Bertz CT molecular complexity index is 740. The van der Waals surface area contributed by atoms with Gasteiger partial charge in [0.25, 0.3) is 5.91 Å². The Morgan fingerprint density at radius 1 is 1.04 bits per heavy atom. The molecule has 0 aliphatic rings. The predicted octanol–water partition coefficient (Wildman–Crippen LogP) is 3.03. The van der Waals surface area contributed by atoms with Crippen LogP contribution in [0.15, 0.2) is 53.9 Å². The molecule has 6 nitrogen and oxygen atoms in total. The monoisotopic (exact) mass is 339 g/mol. The molecule has 0 radical (unpaired) electrons. The van der Waals surface area contributed by atoms with Gasteiger partial charge in [0.1, 0.15) is 0 Å². The highest BCUT2D eigenvalue weighted by molar-refractivity contribution is 6.03. The zero-order valence-corrected chi connectivity index (χ0v) is 14.1. The van der Waals surface area contributed by atoms with Crippen molar-refractivity contribution in [1.82, 2.24) is 10.4 Å². The van der Waals surface area contributed by atoms with E-state index in [4.69, 9.17) is 5.11 Å². The second-order valence-corrected chi connectivity index (χ2v) is 5.58. The van der Waals surface area contributed by atoms with E-state index >= 15 is 0 Å². The van der Waals surface area contributed by atoms with Crippen molar-refractivity contribution < 1.29 is 14.7 Å². The van der Waals surface area contributed by atoms with E-state index in [1.54, 1.807) is 12.1 Å². The van der Waals surface area contributed by atoms with Gasteiger partial charge < -0.3 is 5.11 Å². The minimum atomic E-state index is -0.907. The van der Waals surface area contributed by atoms with Crippen molar-refractivity contribution >= 4 is 17.6 Å². The molecular weight excluding hydrogens is 318 g/mol. The Hall–Kier alpha value is -3.02. The Labute approximate surface area is 146 Å². The van der Waals surface area contributed by atoms with Gasteiger partial charge in [-0.3, -0.25) is 14.6 Å². The van der Waals surface area contributed by atoms with Crippen LogP contribution in [-0.2, 0) is 11.2 Å². The summed E-state index contributed by atoms with van der Waals surface area (Å²) in [5, 5.41) is 13.1. The highest BCUT2D eigenvalue weighted by Gasteiger charge is 2.09. The molecule has 0 atom stereocenters. The van der Waals surface area contributed by atoms with Crippen molar-refractivity contribution in [3.63, 3.8) is 0 Å². The Morgan fingerprint density at radius 2 is 1.72 bits per heavy atom. The number of benzene rings is 1. The van der Waals surface area contributed by atoms with E-state index in [-0.39, 0.29) is 18.7 Å². The van der Waals surface area contributed by atoms with Crippen LogP contribution < -0.4 is 5.43 Å². The first kappa shape index (κ1) is 18.3. The molecular formula is C19H21N3O3. The van der Waals surface area contributed by atoms with Crippen LogP contribution in [0.3, 0.4) is 0 Å². The fraction of sp³-hybridized carbons (Fsp3) is 0.263. The van der Waals surface area contributed by atoms with Gasteiger partial charge >= 0.3 is 5.97 Å². The summed E-state index contributed by atoms with van der Waals surface area (Å²) in [4.78, 5) is 26.8. The molecule has 2 rings (SSSR count). The summed E-state index contributed by atoms with van der Waals surface area (Å²) in [6.07, 6.45) is 5.27.